The quantitative estimate of drug-likeness (QED) is 0.316. The molecule has 0 spiro atoms. The van der Waals surface area contributed by atoms with Gasteiger partial charge >= 0.3 is 0 Å². The van der Waals surface area contributed by atoms with Gasteiger partial charge in [0.2, 0.25) is 0 Å². The van der Waals surface area contributed by atoms with E-state index < -0.39 is 22.6 Å². The molecule has 0 aliphatic carbocycles. The van der Waals surface area contributed by atoms with Crippen LogP contribution in [0.15, 0.2) is 24.3 Å². The number of methoxy groups -OCH3 is 2. The highest BCUT2D eigenvalue weighted by molar-refractivity contribution is 6.13. The molecule has 0 aliphatic rings. The van der Waals surface area contributed by atoms with Crippen molar-refractivity contribution in [2.24, 2.45) is 0 Å². The second kappa shape index (κ2) is 6.72. The second-order valence-corrected chi connectivity index (χ2v) is 3.68. The fraction of sp³-hybridized carbons (Fsp3) is 0.333. The lowest BCUT2D eigenvalue weighted by Crippen LogP contribution is -2.34. The molecule has 0 aromatic heterocycles. The van der Waals surface area contributed by atoms with Crippen molar-refractivity contribution in [2.45, 2.75) is 6.10 Å². The highest BCUT2D eigenvalue weighted by atomic mass is 16.6. The molecule has 1 aromatic rings. The molecule has 1 aromatic carbocycles. The van der Waals surface area contributed by atoms with Gasteiger partial charge in [0.15, 0.2) is 17.7 Å². The van der Waals surface area contributed by atoms with E-state index in [0.29, 0.717) is 0 Å². The first-order valence-corrected chi connectivity index (χ1v) is 5.34. The van der Waals surface area contributed by atoms with Crippen LogP contribution in [0.2, 0.25) is 0 Å². The van der Waals surface area contributed by atoms with Gasteiger partial charge in [-0.05, 0) is 12.1 Å². The van der Waals surface area contributed by atoms with Gasteiger partial charge in [0.25, 0.3) is 5.69 Å². The summed E-state index contributed by atoms with van der Waals surface area (Å²) in [5, 5.41) is 10.5. The molecule has 1 unspecified atom stereocenters. The van der Waals surface area contributed by atoms with Gasteiger partial charge in [-0.25, -0.2) is 0 Å². The Bertz CT molecular complexity index is 481. The SMILES string of the molecule is COCC(=O)C(OC)C(=O)c1ccc([N+](=O)[O-])cc1. The third kappa shape index (κ3) is 3.67. The Hall–Kier alpha value is -2.12. The normalized spacial score (nSPS) is 11.9. The topological polar surface area (TPSA) is 95.7 Å². The van der Waals surface area contributed by atoms with Gasteiger partial charge in [-0.1, -0.05) is 0 Å². The highest BCUT2D eigenvalue weighted by Gasteiger charge is 2.27. The van der Waals surface area contributed by atoms with Crippen molar-refractivity contribution in [2.75, 3.05) is 20.8 Å². The molecule has 102 valence electrons. The average molecular weight is 267 g/mol. The molecule has 0 N–H and O–H groups in total. The number of nitro benzene ring substituents is 1. The number of carbonyl (C=O) groups is 2. The molecule has 19 heavy (non-hydrogen) atoms. The van der Waals surface area contributed by atoms with Gasteiger partial charge in [-0.2, -0.15) is 0 Å². The van der Waals surface area contributed by atoms with Gasteiger partial charge in [-0.15, -0.1) is 0 Å². The lowest BCUT2D eigenvalue weighted by atomic mass is 10.0. The number of nitrogens with zero attached hydrogens (tertiary/aromatic N) is 1. The number of non-ortho nitro benzene ring substituents is 1. The number of rotatable bonds is 7. The summed E-state index contributed by atoms with van der Waals surface area (Å²) in [5.74, 6) is -1.06. The number of hydrogen-bond acceptors (Lipinski definition) is 6. The number of carbonyl (C=O) groups excluding carboxylic acids is 2. The first-order valence-electron chi connectivity index (χ1n) is 5.34. The fourth-order valence-corrected chi connectivity index (χ4v) is 1.50. The van der Waals surface area contributed by atoms with E-state index in [1.807, 2.05) is 0 Å². The maximum atomic E-state index is 12.0. The summed E-state index contributed by atoms with van der Waals surface area (Å²) < 4.78 is 9.50. The average Bonchev–Trinajstić information content (AvgIpc) is 2.39. The van der Waals surface area contributed by atoms with E-state index in [-0.39, 0.29) is 17.9 Å². The maximum absolute atomic E-state index is 12.0. The zero-order valence-corrected chi connectivity index (χ0v) is 10.5. The summed E-state index contributed by atoms with van der Waals surface area (Å²) in [6.07, 6.45) is -1.26. The van der Waals surface area contributed by atoms with Crippen molar-refractivity contribution in [3.8, 4) is 0 Å². The molecule has 0 fully saturated rings. The summed E-state index contributed by atoms with van der Waals surface area (Å²) >= 11 is 0. The number of nitro groups is 1. The Morgan fingerprint density at radius 1 is 1.26 bits per heavy atom. The van der Waals surface area contributed by atoms with Crippen molar-refractivity contribution in [3.63, 3.8) is 0 Å². The van der Waals surface area contributed by atoms with Gasteiger partial charge in [0.05, 0.1) is 4.92 Å². The first kappa shape index (κ1) is 14.9. The molecule has 1 atom stereocenters. The minimum absolute atomic E-state index is 0.131. The first-order chi connectivity index (χ1) is 9.01. The van der Waals surface area contributed by atoms with Crippen LogP contribution >= 0.6 is 0 Å². The van der Waals surface area contributed by atoms with Crippen LogP contribution in [0.4, 0.5) is 5.69 Å². The van der Waals surface area contributed by atoms with E-state index in [1.165, 1.54) is 38.5 Å². The Kier molecular flexibility index (Phi) is 5.28. The zero-order chi connectivity index (χ0) is 14.4. The molecule has 0 heterocycles. The number of ketones is 2. The van der Waals surface area contributed by atoms with Crippen LogP contribution in [0, 0.1) is 10.1 Å². The Morgan fingerprint density at radius 3 is 2.26 bits per heavy atom. The van der Waals surface area contributed by atoms with Gasteiger partial charge in [0.1, 0.15) is 6.61 Å². The molecular weight excluding hydrogens is 254 g/mol. The van der Waals surface area contributed by atoms with Crippen molar-refractivity contribution in [3.05, 3.63) is 39.9 Å². The minimum Gasteiger partial charge on any atom is -0.377 e. The van der Waals surface area contributed by atoms with Gasteiger partial charge < -0.3 is 9.47 Å². The maximum Gasteiger partial charge on any atom is 0.269 e. The molecule has 7 heteroatoms. The van der Waals surface area contributed by atoms with Crippen molar-refractivity contribution >= 4 is 17.3 Å². The zero-order valence-electron chi connectivity index (χ0n) is 10.5. The third-order valence-electron chi connectivity index (χ3n) is 2.42. The van der Waals surface area contributed by atoms with Gasteiger partial charge in [-0.3, -0.25) is 19.7 Å². The van der Waals surface area contributed by atoms with Crippen LogP contribution in [-0.4, -0.2) is 43.4 Å². The minimum atomic E-state index is -1.26. The summed E-state index contributed by atoms with van der Waals surface area (Å²) in [5.41, 5.74) is 0.0376. The fourth-order valence-electron chi connectivity index (χ4n) is 1.50. The molecule has 0 amide bonds. The molecule has 7 nitrogen and oxygen atoms in total. The van der Waals surface area contributed by atoms with E-state index in [2.05, 4.69) is 4.74 Å². The summed E-state index contributed by atoms with van der Waals surface area (Å²) in [4.78, 5) is 33.5. The predicted octanol–water partition coefficient (Wildman–Crippen LogP) is 1.01. The number of ether oxygens (including phenoxy) is 2. The lowest BCUT2D eigenvalue weighted by Gasteiger charge is -2.12. The van der Waals surface area contributed by atoms with Crippen molar-refractivity contribution in [1.82, 2.24) is 0 Å². The van der Waals surface area contributed by atoms with Gasteiger partial charge in [0, 0.05) is 31.9 Å². The van der Waals surface area contributed by atoms with E-state index in [0.717, 1.165) is 0 Å². The van der Waals surface area contributed by atoms with Crippen LogP contribution in [0.1, 0.15) is 10.4 Å². The monoisotopic (exact) mass is 267 g/mol. The van der Waals surface area contributed by atoms with Crippen molar-refractivity contribution in [1.29, 1.82) is 0 Å². The standard InChI is InChI=1S/C12H13NO6/c1-18-7-10(14)12(19-2)11(15)8-3-5-9(6-4-8)13(16)17/h3-6,12H,7H2,1-2H3. The third-order valence-corrected chi connectivity index (χ3v) is 2.42. The Morgan fingerprint density at radius 2 is 1.84 bits per heavy atom. The molecule has 0 bridgehead atoms. The molecule has 1 rings (SSSR count). The largest absolute Gasteiger partial charge is 0.377 e. The molecule has 0 saturated heterocycles. The summed E-state index contributed by atoms with van der Waals surface area (Å²) in [7, 11) is 2.57. The summed E-state index contributed by atoms with van der Waals surface area (Å²) in [6.45, 7) is -0.239. The molecular formula is C12H13NO6. The smallest absolute Gasteiger partial charge is 0.269 e. The highest BCUT2D eigenvalue weighted by Crippen LogP contribution is 2.14. The van der Waals surface area contributed by atoms with E-state index >= 15 is 0 Å². The summed E-state index contributed by atoms with van der Waals surface area (Å²) in [6, 6.07) is 4.96. The number of benzene rings is 1. The van der Waals surface area contributed by atoms with E-state index in [1.54, 1.807) is 0 Å². The second-order valence-electron chi connectivity index (χ2n) is 3.68. The number of hydrogen-bond donors (Lipinski definition) is 0. The van der Waals surface area contributed by atoms with E-state index in [9.17, 15) is 19.7 Å². The van der Waals surface area contributed by atoms with Crippen molar-refractivity contribution < 1.29 is 24.0 Å². The number of Topliss-reactive ketones (excluding diaryl/α,β-unsaturated/α-hetero) is 2. The molecule has 0 aliphatic heterocycles. The Balaban J connectivity index is 2.91. The van der Waals surface area contributed by atoms with Crippen LogP contribution in [0.3, 0.4) is 0 Å². The predicted molar refractivity (Wildman–Crippen MR) is 65.1 cm³/mol. The van der Waals surface area contributed by atoms with Crippen LogP contribution in [0.25, 0.3) is 0 Å². The van der Waals surface area contributed by atoms with Crippen LogP contribution < -0.4 is 0 Å². The Labute approximate surface area is 109 Å². The van der Waals surface area contributed by atoms with Crippen LogP contribution in [0.5, 0.6) is 0 Å². The molecule has 0 radical (unpaired) electrons. The van der Waals surface area contributed by atoms with Crippen LogP contribution in [-0.2, 0) is 14.3 Å². The van der Waals surface area contributed by atoms with E-state index in [4.69, 9.17) is 4.74 Å². The lowest BCUT2D eigenvalue weighted by molar-refractivity contribution is -0.384. The molecule has 0 saturated carbocycles.